The van der Waals surface area contributed by atoms with Gasteiger partial charge in [0, 0.05) is 23.0 Å². The zero-order valence-electron chi connectivity index (χ0n) is 12.6. The molecular weight excluding hydrogens is 323 g/mol. The lowest BCUT2D eigenvalue weighted by atomic mass is 9.95. The molecule has 126 valence electrons. The van der Waals surface area contributed by atoms with E-state index < -0.39 is 6.36 Å². The van der Waals surface area contributed by atoms with Gasteiger partial charge in [-0.25, -0.2) is 0 Å². The number of hydrogen-bond acceptors (Lipinski definition) is 3. The molecule has 0 aliphatic heterocycles. The zero-order valence-corrected chi connectivity index (χ0v) is 12.6. The van der Waals surface area contributed by atoms with Gasteiger partial charge < -0.3 is 14.9 Å². The first-order valence-electron chi connectivity index (χ1n) is 7.47. The second-order valence-electron chi connectivity index (χ2n) is 6.16. The van der Waals surface area contributed by atoms with Gasteiger partial charge in [-0.2, -0.15) is 0 Å². The summed E-state index contributed by atoms with van der Waals surface area (Å²) in [6.45, 7) is 1.99. The minimum atomic E-state index is -4.76. The molecule has 2 aliphatic rings. The van der Waals surface area contributed by atoms with Crippen LogP contribution in [-0.2, 0) is 0 Å². The van der Waals surface area contributed by atoms with Crippen molar-refractivity contribution in [3.63, 3.8) is 0 Å². The van der Waals surface area contributed by atoms with E-state index in [1.807, 2.05) is 6.92 Å². The lowest BCUT2D eigenvalue weighted by Crippen LogP contribution is -2.17. The molecule has 1 aromatic carbocycles. The van der Waals surface area contributed by atoms with Crippen LogP contribution in [0.3, 0.4) is 0 Å². The lowest BCUT2D eigenvalue weighted by Gasteiger charge is -2.12. The van der Waals surface area contributed by atoms with Crippen LogP contribution in [0.1, 0.15) is 36.3 Å². The molecule has 4 rings (SSSR count). The molecule has 2 aliphatic carbocycles. The van der Waals surface area contributed by atoms with Gasteiger partial charge in [0.1, 0.15) is 5.75 Å². The summed E-state index contributed by atoms with van der Waals surface area (Å²) in [5.41, 5.74) is 2.95. The van der Waals surface area contributed by atoms with Crippen LogP contribution in [-0.4, -0.2) is 21.1 Å². The molecule has 0 saturated heterocycles. The topological polar surface area (TPSA) is 54.6 Å². The third-order valence-electron chi connectivity index (χ3n) is 4.75. The average Bonchev–Trinajstić information content (AvgIpc) is 3.10. The van der Waals surface area contributed by atoms with Gasteiger partial charge >= 0.3 is 6.36 Å². The quantitative estimate of drug-likeness (QED) is 0.803. The summed E-state index contributed by atoms with van der Waals surface area (Å²) in [4.78, 5) is 0. The molecule has 1 aromatic heterocycles. The van der Waals surface area contributed by atoms with Crippen LogP contribution < -0.4 is 4.74 Å². The molecule has 0 amide bonds. The van der Waals surface area contributed by atoms with Crippen LogP contribution in [0.15, 0.2) is 35.9 Å². The maximum atomic E-state index is 12.2. The van der Waals surface area contributed by atoms with Gasteiger partial charge in [0.2, 0.25) is 11.8 Å². The molecule has 1 heterocycles. The number of rotatable bonds is 2. The maximum absolute atomic E-state index is 12.2. The first-order valence-corrected chi connectivity index (χ1v) is 7.47. The number of ether oxygens (including phenoxy) is 1. The third-order valence-corrected chi connectivity index (χ3v) is 4.75. The Kier molecular flexibility index (Phi) is 2.95. The first kappa shape index (κ1) is 15.0. The number of alkyl halides is 3. The van der Waals surface area contributed by atoms with Gasteiger partial charge in [0.25, 0.3) is 0 Å². The zero-order chi connectivity index (χ0) is 17.2. The lowest BCUT2D eigenvalue weighted by molar-refractivity contribution is -0.274. The predicted molar refractivity (Wildman–Crippen MR) is 79.6 cm³/mol. The molecule has 4 nitrogen and oxygen atoms in total. The molecule has 7 heteroatoms. The number of allylic oxidation sites excluding steroid dienone is 2. The largest absolute Gasteiger partial charge is 0.573 e. The smallest absolute Gasteiger partial charge is 0.494 e. The fourth-order valence-electron chi connectivity index (χ4n) is 3.82. The van der Waals surface area contributed by atoms with E-state index in [1.54, 1.807) is 0 Å². The highest BCUT2D eigenvalue weighted by molar-refractivity contribution is 5.63. The fourth-order valence-corrected chi connectivity index (χ4v) is 3.82. The van der Waals surface area contributed by atoms with Crippen molar-refractivity contribution in [1.82, 2.24) is 4.57 Å². The molecule has 2 atom stereocenters. The highest BCUT2D eigenvalue weighted by Crippen LogP contribution is 2.59. The number of halogens is 3. The fraction of sp³-hybridized carbons (Fsp3) is 0.294. The predicted octanol–water partition coefficient (Wildman–Crippen LogP) is 4.32. The molecule has 0 saturated carbocycles. The van der Waals surface area contributed by atoms with Crippen LogP contribution in [0.5, 0.6) is 17.5 Å². The van der Waals surface area contributed by atoms with Crippen molar-refractivity contribution in [2.24, 2.45) is 0 Å². The Morgan fingerprint density at radius 2 is 1.71 bits per heavy atom. The monoisotopic (exact) mass is 337 g/mol. The summed E-state index contributed by atoms with van der Waals surface area (Å²) in [7, 11) is 0. The van der Waals surface area contributed by atoms with E-state index in [1.165, 1.54) is 16.7 Å². The van der Waals surface area contributed by atoms with E-state index in [2.05, 4.69) is 10.8 Å². The van der Waals surface area contributed by atoms with E-state index in [0.29, 0.717) is 16.8 Å². The SMILES string of the molecule is CC1=CC2CC1c1c2c(O)n(-c2ccc(OC(F)(F)F)cc2)c1O. The van der Waals surface area contributed by atoms with Crippen molar-refractivity contribution in [3.8, 4) is 23.2 Å². The Bertz CT molecular complexity index is 849. The Hall–Kier alpha value is -2.57. The molecule has 0 fully saturated rings. The third kappa shape index (κ3) is 2.07. The van der Waals surface area contributed by atoms with E-state index in [9.17, 15) is 23.4 Å². The van der Waals surface area contributed by atoms with Crippen LogP contribution in [0, 0.1) is 0 Å². The highest BCUT2D eigenvalue weighted by atomic mass is 19.4. The Labute approximate surface area is 135 Å². The summed E-state index contributed by atoms with van der Waals surface area (Å²) in [6, 6.07) is 5.01. The molecule has 0 radical (unpaired) electrons. The summed E-state index contributed by atoms with van der Waals surface area (Å²) in [5, 5.41) is 21.1. The number of hydrogen-bond donors (Lipinski definition) is 2. The van der Waals surface area contributed by atoms with Crippen molar-refractivity contribution >= 4 is 0 Å². The van der Waals surface area contributed by atoms with E-state index in [0.717, 1.165) is 24.1 Å². The second-order valence-corrected chi connectivity index (χ2v) is 6.16. The van der Waals surface area contributed by atoms with Crippen molar-refractivity contribution in [1.29, 1.82) is 0 Å². The summed E-state index contributed by atoms with van der Waals surface area (Å²) in [6.07, 6.45) is -1.84. The number of aromatic hydroxyl groups is 2. The summed E-state index contributed by atoms with van der Waals surface area (Å²) in [5.74, 6) is -0.326. The highest BCUT2D eigenvalue weighted by Gasteiger charge is 2.43. The maximum Gasteiger partial charge on any atom is 0.573 e. The van der Waals surface area contributed by atoms with E-state index in [-0.39, 0.29) is 29.3 Å². The number of aromatic nitrogens is 1. The molecule has 2 bridgehead atoms. The Morgan fingerprint density at radius 1 is 1.08 bits per heavy atom. The van der Waals surface area contributed by atoms with Crippen molar-refractivity contribution in [3.05, 3.63) is 47.0 Å². The van der Waals surface area contributed by atoms with Gasteiger partial charge in [-0.1, -0.05) is 11.6 Å². The molecule has 0 spiro atoms. The molecular formula is C17H14F3NO3. The molecule has 2 unspecified atom stereocenters. The number of nitrogens with zero attached hydrogens (tertiary/aromatic N) is 1. The van der Waals surface area contributed by atoms with Gasteiger partial charge in [-0.05, 0) is 37.6 Å². The van der Waals surface area contributed by atoms with E-state index >= 15 is 0 Å². The van der Waals surface area contributed by atoms with Crippen LogP contribution in [0.2, 0.25) is 0 Å². The number of fused-ring (bicyclic) bond motifs is 5. The average molecular weight is 337 g/mol. The summed E-state index contributed by atoms with van der Waals surface area (Å²) >= 11 is 0. The van der Waals surface area contributed by atoms with Crippen LogP contribution >= 0.6 is 0 Å². The van der Waals surface area contributed by atoms with E-state index in [4.69, 9.17) is 0 Å². The van der Waals surface area contributed by atoms with Gasteiger partial charge in [-0.3, -0.25) is 4.57 Å². The normalized spacial score (nSPS) is 21.8. The minimum absolute atomic E-state index is 0.0630. The van der Waals surface area contributed by atoms with Gasteiger partial charge in [-0.15, -0.1) is 13.2 Å². The number of benzene rings is 1. The van der Waals surface area contributed by atoms with Crippen molar-refractivity contribution in [2.45, 2.75) is 31.5 Å². The second kappa shape index (κ2) is 4.72. The summed E-state index contributed by atoms with van der Waals surface area (Å²) < 4.78 is 41.7. The van der Waals surface area contributed by atoms with Crippen LogP contribution in [0.4, 0.5) is 13.2 Å². The molecule has 2 aromatic rings. The Balaban J connectivity index is 1.73. The van der Waals surface area contributed by atoms with Gasteiger partial charge in [0.15, 0.2) is 0 Å². The first-order chi connectivity index (χ1) is 11.3. The van der Waals surface area contributed by atoms with Gasteiger partial charge in [0.05, 0.1) is 5.69 Å². The van der Waals surface area contributed by atoms with Crippen LogP contribution in [0.25, 0.3) is 5.69 Å². The minimum Gasteiger partial charge on any atom is -0.494 e. The molecule has 24 heavy (non-hydrogen) atoms. The Morgan fingerprint density at radius 3 is 2.33 bits per heavy atom. The molecule has 2 N–H and O–H groups in total. The standard InChI is InChI=1S/C17H14F3NO3/c1-8-6-9-7-12(8)14-13(9)15(22)21(16(14)23)10-2-4-11(5-3-10)24-17(18,19)20/h2-6,9,12,22-23H,7H2,1H3. The van der Waals surface area contributed by atoms with Crippen molar-refractivity contribution < 1.29 is 28.1 Å². The van der Waals surface area contributed by atoms with Crippen molar-refractivity contribution in [2.75, 3.05) is 0 Å².